The normalized spacial score (nSPS) is 10.2. The molecule has 0 atom stereocenters. The maximum atomic E-state index is 11.1. The molecule has 1 aromatic heterocycles. The first-order valence-electron chi connectivity index (χ1n) is 6.07. The molecule has 0 aliphatic rings. The van der Waals surface area contributed by atoms with E-state index in [-0.39, 0.29) is 17.3 Å². The smallest absolute Gasteiger partial charge is 0.311 e. The van der Waals surface area contributed by atoms with Crippen LogP contribution in [0.15, 0.2) is 29.4 Å². The number of nitro groups is 1. The maximum absolute atomic E-state index is 11.1. The molecule has 1 aromatic carbocycles. The number of aryl methyl sites for hydroxylation is 1. The summed E-state index contributed by atoms with van der Waals surface area (Å²) < 4.78 is 5.56. The SMILES string of the molecule is CNc1cc(Oc2ccc(C)cc2[N+](=O)[O-])nc(SC)n1. The van der Waals surface area contributed by atoms with E-state index in [0.717, 1.165) is 5.56 Å². The third-order valence-corrected chi connectivity index (χ3v) is 3.19. The molecular weight excluding hydrogens is 292 g/mol. The Morgan fingerprint density at radius 2 is 2.10 bits per heavy atom. The van der Waals surface area contributed by atoms with Gasteiger partial charge in [0.2, 0.25) is 11.6 Å². The van der Waals surface area contributed by atoms with Gasteiger partial charge in [0.25, 0.3) is 0 Å². The van der Waals surface area contributed by atoms with Crippen molar-refractivity contribution in [1.29, 1.82) is 0 Å². The number of anilines is 1. The number of nitro benzene ring substituents is 1. The van der Waals surface area contributed by atoms with E-state index in [1.807, 2.05) is 6.26 Å². The highest BCUT2D eigenvalue weighted by Crippen LogP contribution is 2.32. The van der Waals surface area contributed by atoms with Crippen LogP contribution in [0.2, 0.25) is 0 Å². The van der Waals surface area contributed by atoms with Crippen LogP contribution in [0.25, 0.3) is 0 Å². The summed E-state index contributed by atoms with van der Waals surface area (Å²) in [5.41, 5.74) is 0.697. The van der Waals surface area contributed by atoms with E-state index in [9.17, 15) is 10.1 Å². The molecule has 0 saturated heterocycles. The molecule has 0 saturated carbocycles. The molecular formula is C13H14N4O3S. The molecule has 0 radical (unpaired) electrons. The summed E-state index contributed by atoms with van der Waals surface area (Å²) in [6.07, 6.45) is 1.84. The Kier molecular flexibility index (Phi) is 4.59. The standard InChI is InChI=1S/C13H14N4O3S/c1-8-4-5-10(9(6-8)17(18)19)20-12-7-11(14-2)15-13(16-12)21-3/h4-7H,1-3H3,(H,14,15,16). The number of nitrogens with one attached hydrogen (secondary N) is 1. The van der Waals surface area contributed by atoms with Crippen LogP contribution in [-0.4, -0.2) is 28.2 Å². The summed E-state index contributed by atoms with van der Waals surface area (Å²) in [4.78, 5) is 19.0. The summed E-state index contributed by atoms with van der Waals surface area (Å²) in [6, 6.07) is 6.36. The number of thioether (sulfide) groups is 1. The van der Waals surface area contributed by atoms with Gasteiger partial charge in [0, 0.05) is 19.2 Å². The van der Waals surface area contributed by atoms with Crippen molar-refractivity contribution < 1.29 is 9.66 Å². The molecule has 110 valence electrons. The summed E-state index contributed by atoms with van der Waals surface area (Å²) in [7, 11) is 1.73. The van der Waals surface area contributed by atoms with Gasteiger partial charge in [-0.05, 0) is 24.8 Å². The molecule has 0 fully saturated rings. The van der Waals surface area contributed by atoms with Crippen molar-refractivity contribution in [3.8, 4) is 11.6 Å². The lowest BCUT2D eigenvalue weighted by Gasteiger charge is -2.08. The predicted octanol–water partition coefficient (Wildman–Crippen LogP) is 3.25. The van der Waals surface area contributed by atoms with Gasteiger partial charge in [0.05, 0.1) is 4.92 Å². The monoisotopic (exact) mass is 306 g/mol. The minimum atomic E-state index is -0.474. The first-order chi connectivity index (χ1) is 10.0. The summed E-state index contributed by atoms with van der Waals surface area (Å²) in [5.74, 6) is 0.989. The third kappa shape index (κ3) is 3.60. The number of benzene rings is 1. The zero-order valence-corrected chi connectivity index (χ0v) is 12.6. The lowest BCUT2D eigenvalue weighted by atomic mass is 10.2. The van der Waals surface area contributed by atoms with Crippen LogP contribution < -0.4 is 10.1 Å². The molecule has 0 aliphatic heterocycles. The van der Waals surface area contributed by atoms with Crippen LogP contribution in [0.4, 0.5) is 11.5 Å². The zero-order valence-electron chi connectivity index (χ0n) is 11.8. The van der Waals surface area contributed by atoms with Crippen LogP contribution in [-0.2, 0) is 0 Å². The quantitative estimate of drug-likeness (QED) is 0.392. The molecule has 2 aromatic rings. The fraction of sp³-hybridized carbons (Fsp3) is 0.231. The van der Waals surface area contributed by atoms with Crippen molar-refractivity contribution in [2.75, 3.05) is 18.6 Å². The fourth-order valence-electron chi connectivity index (χ4n) is 1.64. The number of ether oxygens (including phenoxy) is 1. The van der Waals surface area contributed by atoms with Crippen molar-refractivity contribution >= 4 is 23.3 Å². The molecule has 21 heavy (non-hydrogen) atoms. The second-order valence-corrected chi connectivity index (χ2v) is 4.93. The second-order valence-electron chi connectivity index (χ2n) is 4.16. The Hall–Kier alpha value is -2.35. The molecule has 1 heterocycles. The van der Waals surface area contributed by atoms with E-state index < -0.39 is 4.92 Å². The lowest BCUT2D eigenvalue weighted by molar-refractivity contribution is -0.385. The van der Waals surface area contributed by atoms with Gasteiger partial charge in [-0.1, -0.05) is 17.8 Å². The third-order valence-electron chi connectivity index (χ3n) is 2.65. The molecule has 0 aliphatic carbocycles. The Labute approximate surface area is 125 Å². The van der Waals surface area contributed by atoms with E-state index >= 15 is 0 Å². The average Bonchev–Trinajstić information content (AvgIpc) is 2.48. The molecule has 2 rings (SSSR count). The number of rotatable bonds is 5. The Morgan fingerprint density at radius 3 is 2.71 bits per heavy atom. The first-order valence-corrected chi connectivity index (χ1v) is 7.29. The van der Waals surface area contributed by atoms with Gasteiger partial charge in [-0.25, -0.2) is 4.98 Å². The van der Waals surface area contributed by atoms with E-state index in [4.69, 9.17) is 4.74 Å². The summed E-state index contributed by atoms with van der Waals surface area (Å²) >= 11 is 1.36. The van der Waals surface area contributed by atoms with Gasteiger partial charge in [-0.2, -0.15) is 4.98 Å². The minimum absolute atomic E-state index is 0.0923. The minimum Gasteiger partial charge on any atom is -0.432 e. The summed E-state index contributed by atoms with van der Waals surface area (Å²) in [5, 5.41) is 14.5. The lowest BCUT2D eigenvalue weighted by Crippen LogP contribution is -1.99. The van der Waals surface area contributed by atoms with Crippen molar-refractivity contribution in [3.05, 3.63) is 39.9 Å². The topological polar surface area (TPSA) is 90.2 Å². The predicted molar refractivity (Wildman–Crippen MR) is 81.3 cm³/mol. The van der Waals surface area contributed by atoms with Crippen LogP contribution in [0, 0.1) is 17.0 Å². The van der Waals surface area contributed by atoms with Gasteiger partial charge in [-0.3, -0.25) is 10.1 Å². The largest absolute Gasteiger partial charge is 0.432 e. The first kappa shape index (κ1) is 15.0. The van der Waals surface area contributed by atoms with Gasteiger partial charge >= 0.3 is 5.69 Å². The highest BCUT2D eigenvalue weighted by molar-refractivity contribution is 7.98. The molecule has 7 nitrogen and oxygen atoms in total. The maximum Gasteiger partial charge on any atom is 0.311 e. The van der Waals surface area contributed by atoms with Crippen LogP contribution >= 0.6 is 11.8 Å². The van der Waals surface area contributed by atoms with Gasteiger partial charge < -0.3 is 10.1 Å². The Balaban J connectivity index is 2.40. The number of hydrogen-bond acceptors (Lipinski definition) is 7. The Bertz CT molecular complexity index is 656. The van der Waals surface area contributed by atoms with E-state index in [0.29, 0.717) is 11.0 Å². The van der Waals surface area contributed by atoms with E-state index in [2.05, 4.69) is 15.3 Å². The van der Waals surface area contributed by atoms with Gasteiger partial charge in [0.15, 0.2) is 5.16 Å². The molecule has 0 bridgehead atoms. The fourth-order valence-corrected chi connectivity index (χ4v) is 2.02. The Morgan fingerprint density at radius 1 is 1.33 bits per heavy atom. The molecule has 1 N–H and O–H groups in total. The van der Waals surface area contributed by atoms with E-state index in [1.54, 1.807) is 32.2 Å². The number of hydrogen-bond donors (Lipinski definition) is 1. The number of aromatic nitrogens is 2. The highest BCUT2D eigenvalue weighted by atomic mass is 32.2. The van der Waals surface area contributed by atoms with Crippen molar-refractivity contribution in [3.63, 3.8) is 0 Å². The van der Waals surface area contributed by atoms with Gasteiger partial charge in [-0.15, -0.1) is 0 Å². The van der Waals surface area contributed by atoms with E-state index in [1.165, 1.54) is 17.8 Å². The van der Waals surface area contributed by atoms with Gasteiger partial charge in [0.1, 0.15) is 5.82 Å². The van der Waals surface area contributed by atoms with Crippen molar-refractivity contribution in [2.24, 2.45) is 0 Å². The molecule has 0 unspecified atom stereocenters. The zero-order chi connectivity index (χ0) is 15.4. The molecule has 0 amide bonds. The summed E-state index contributed by atoms with van der Waals surface area (Å²) in [6.45, 7) is 1.78. The van der Waals surface area contributed by atoms with Crippen molar-refractivity contribution in [2.45, 2.75) is 12.1 Å². The van der Waals surface area contributed by atoms with Crippen LogP contribution in [0.3, 0.4) is 0 Å². The van der Waals surface area contributed by atoms with Crippen LogP contribution in [0.5, 0.6) is 11.6 Å². The average molecular weight is 306 g/mol. The number of nitrogens with zero attached hydrogens (tertiary/aromatic N) is 3. The van der Waals surface area contributed by atoms with Crippen LogP contribution in [0.1, 0.15) is 5.56 Å². The van der Waals surface area contributed by atoms with Crippen molar-refractivity contribution in [1.82, 2.24) is 9.97 Å². The molecule has 8 heteroatoms. The highest BCUT2D eigenvalue weighted by Gasteiger charge is 2.17. The molecule has 0 spiro atoms. The second kappa shape index (κ2) is 6.40.